The van der Waals surface area contributed by atoms with Crippen LogP contribution in [0.5, 0.6) is 0 Å². The van der Waals surface area contributed by atoms with Crippen molar-refractivity contribution in [2.24, 2.45) is 0 Å². The van der Waals surface area contributed by atoms with Crippen molar-refractivity contribution in [2.45, 2.75) is 78.1 Å². The largest absolute Gasteiger partial charge is 0.358 e. The van der Waals surface area contributed by atoms with Crippen molar-refractivity contribution in [1.82, 2.24) is 4.90 Å². The van der Waals surface area contributed by atoms with Gasteiger partial charge in [0, 0.05) is 24.6 Å². The zero-order valence-corrected chi connectivity index (χ0v) is 15.8. The van der Waals surface area contributed by atoms with Gasteiger partial charge >= 0.3 is 0 Å². The van der Waals surface area contributed by atoms with Gasteiger partial charge in [-0.1, -0.05) is 77.3 Å². The fourth-order valence-corrected chi connectivity index (χ4v) is 3.33. The summed E-state index contributed by atoms with van der Waals surface area (Å²) in [5.74, 6) is 0. The molecule has 0 bridgehead atoms. The van der Waals surface area contributed by atoms with E-state index in [2.05, 4.69) is 60.3 Å². The zero-order chi connectivity index (χ0) is 17.0. The van der Waals surface area contributed by atoms with E-state index in [-0.39, 0.29) is 0 Å². The molecule has 0 saturated heterocycles. The first kappa shape index (κ1) is 18.9. The smallest absolute Gasteiger partial charge is 0.0941 e. The van der Waals surface area contributed by atoms with E-state index >= 15 is 0 Å². The van der Waals surface area contributed by atoms with Gasteiger partial charge in [0.2, 0.25) is 0 Å². The molecule has 0 fully saturated rings. The van der Waals surface area contributed by atoms with Crippen LogP contribution in [0.3, 0.4) is 0 Å². The molecule has 0 spiro atoms. The third-order valence-electron chi connectivity index (χ3n) is 5.02. The number of benzene rings is 1. The molecule has 2 nitrogen and oxygen atoms in total. The third-order valence-corrected chi connectivity index (χ3v) is 5.02. The Hall–Kier alpha value is -1.44. The Kier molecular flexibility index (Phi) is 8.80. The molecule has 0 amide bonds. The second-order valence-corrected chi connectivity index (χ2v) is 7.07. The minimum absolute atomic E-state index is 1.00. The molecule has 0 aromatic heterocycles. The first-order valence-electron chi connectivity index (χ1n) is 10.1. The lowest BCUT2D eigenvalue weighted by molar-refractivity contribution is 0.388. The van der Waals surface area contributed by atoms with Crippen molar-refractivity contribution in [3.05, 3.63) is 42.2 Å². The molecule has 1 aromatic rings. The van der Waals surface area contributed by atoms with E-state index in [9.17, 15) is 0 Å². The maximum absolute atomic E-state index is 2.44. The summed E-state index contributed by atoms with van der Waals surface area (Å²) >= 11 is 0. The van der Waals surface area contributed by atoms with E-state index in [0.717, 1.165) is 13.1 Å². The van der Waals surface area contributed by atoms with E-state index in [1.165, 1.54) is 75.6 Å². The highest BCUT2D eigenvalue weighted by Gasteiger charge is 2.13. The molecule has 1 aliphatic rings. The van der Waals surface area contributed by atoms with Crippen LogP contribution in [0.25, 0.3) is 0 Å². The minimum atomic E-state index is 1.00. The summed E-state index contributed by atoms with van der Waals surface area (Å²) in [5.41, 5.74) is 2.71. The number of hydrogen-bond donors (Lipinski definition) is 0. The first-order chi connectivity index (χ1) is 11.8. The third kappa shape index (κ3) is 6.59. The second kappa shape index (κ2) is 11.2. The topological polar surface area (TPSA) is 6.48 Å². The van der Waals surface area contributed by atoms with Crippen LogP contribution in [0, 0.1) is 0 Å². The predicted octanol–water partition coefficient (Wildman–Crippen LogP) is 6.33. The van der Waals surface area contributed by atoms with Crippen LogP contribution in [-0.2, 0) is 6.42 Å². The maximum Gasteiger partial charge on any atom is 0.0941 e. The monoisotopic (exact) mass is 328 g/mol. The molecule has 1 aromatic carbocycles. The van der Waals surface area contributed by atoms with Crippen molar-refractivity contribution < 1.29 is 0 Å². The van der Waals surface area contributed by atoms with Crippen LogP contribution in [-0.4, -0.2) is 18.1 Å². The van der Waals surface area contributed by atoms with Gasteiger partial charge in [-0.15, -0.1) is 0 Å². The number of anilines is 1. The van der Waals surface area contributed by atoms with E-state index in [4.69, 9.17) is 0 Å². The minimum Gasteiger partial charge on any atom is -0.358 e. The van der Waals surface area contributed by atoms with Gasteiger partial charge < -0.3 is 9.80 Å². The lowest BCUT2D eigenvalue weighted by atomic mass is 10.1. The van der Waals surface area contributed by atoms with Gasteiger partial charge in [0.25, 0.3) is 0 Å². The summed E-state index contributed by atoms with van der Waals surface area (Å²) < 4.78 is 0. The fraction of sp³-hybridized carbons (Fsp3) is 0.636. The number of aryl methyl sites for hydroxylation is 1. The average Bonchev–Trinajstić information content (AvgIpc) is 3.09. The van der Waals surface area contributed by atoms with Gasteiger partial charge in [0.1, 0.15) is 0 Å². The lowest BCUT2D eigenvalue weighted by Crippen LogP contribution is -2.25. The molecule has 24 heavy (non-hydrogen) atoms. The molecule has 0 radical (unpaired) electrons. The zero-order valence-electron chi connectivity index (χ0n) is 15.8. The summed E-state index contributed by atoms with van der Waals surface area (Å²) in [4.78, 5) is 4.78. The first-order valence-corrected chi connectivity index (χ1v) is 10.1. The number of rotatable bonds is 12. The van der Waals surface area contributed by atoms with Gasteiger partial charge in [-0.25, -0.2) is 0 Å². The molecule has 134 valence electrons. The summed E-state index contributed by atoms with van der Waals surface area (Å²) in [7, 11) is 0. The molecule has 2 rings (SSSR count). The quantitative estimate of drug-likeness (QED) is 0.414. The fourth-order valence-electron chi connectivity index (χ4n) is 3.33. The predicted molar refractivity (Wildman–Crippen MR) is 106 cm³/mol. The highest BCUT2D eigenvalue weighted by Crippen LogP contribution is 2.20. The number of hydrogen-bond acceptors (Lipinski definition) is 2. The summed E-state index contributed by atoms with van der Waals surface area (Å²) in [5, 5.41) is 0. The van der Waals surface area contributed by atoms with Crippen LogP contribution in [0.1, 0.15) is 77.2 Å². The van der Waals surface area contributed by atoms with Crippen molar-refractivity contribution in [3.63, 3.8) is 0 Å². The van der Waals surface area contributed by atoms with E-state index in [1.807, 2.05) is 0 Å². The van der Waals surface area contributed by atoms with Gasteiger partial charge in [0.15, 0.2) is 0 Å². The summed E-state index contributed by atoms with van der Waals surface area (Å²) in [6.45, 7) is 6.68. The standard InChI is InChI=1S/C22H36N2/c1-3-5-6-7-8-9-10-11-12-17-23-18-19-24(20-23)22-15-13-21(4-2)14-16-22/h13-16,18-19H,3-12,17,20H2,1-2H3. The molecule has 0 unspecified atom stereocenters. The molecule has 0 atom stereocenters. The summed E-state index contributed by atoms with van der Waals surface area (Å²) in [6.07, 6.45) is 18.2. The van der Waals surface area contributed by atoms with Crippen LogP contribution in [0.4, 0.5) is 5.69 Å². The van der Waals surface area contributed by atoms with E-state index in [1.54, 1.807) is 0 Å². The molecule has 2 heteroatoms. The van der Waals surface area contributed by atoms with Crippen molar-refractivity contribution in [3.8, 4) is 0 Å². The van der Waals surface area contributed by atoms with Crippen LogP contribution >= 0.6 is 0 Å². The lowest BCUT2D eigenvalue weighted by Gasteiger charge is -2.21. The van der Waals surface area contributed by atoms with Crippen molar-refractivity contribution >= 4 is 5.69 Å². The number of nitrogens with zero attached hydrogens (tertiary/aromatic N) is 2. The SMILES string of the molecule is CCCCCCCCCCCN1C=CN(c2ccc(CC)cc2)C1. The Morgan fingerprint density at radius 3 is 2.00 bits per heavy atom. The molecule has 0 aliphatic carbocycles. The van der Waals surface area contributed by atoms with Crippen LogP contribution < -0.4 is 4.90 Å². The van der Waals surface area contributed by atoms with E-state index < -0.39 is 0 Å². The highest BCUT2D eigenvalue weighted by atomic mass is 15.3. The molecular weight excluding hydrogens is 292 g/mol. The van der Waals surface area contributed by atoms with E-state index in [0.29, 0.717) is 0 Å². The second-order valence-electron chi connectivity index (χ2n) is 7.07. The van der Waals surface area contributed by atoms with Gasteiger partial charge in [0.05, 0.1) is 6.67 Å². The molecule has 0 N–H and O–H groups in total. The van der Waals surface area contributed by atoms with Gasteiger partial charge in [-0.2, -0.15) is 0 Å². The maximum atomic E-state index is 2.44. The molecule has 1 aliphatic heterocycles. The van der Waals surface area contributed by atoms with Crippen molar-refractivity contribution in [1.29, 1.82) is 0 Å². The summed E-state index contributed by atoms with van der Waals surface area (Å²) in [6, 6.07) is 8.97. The molecule has 0 saturated carbocycles. The van der Waals surface area contributed by atoms with Gasteiger partial charge in [-0.05, 0) is 30.5 Å². The highest BCUT2D eigenvalue weighted by molar-refractivity contribution is 5.51. The Balaban J connectivity index is 1.53. The average molecular weight is 329 g/mol. The van der Waals surface area contributed by atoms with Crippen LogP contribution in [0.2, 0.25) is 0 Å². The number of unbranched alkanes of at least 4 members (excludes halogenated alkanes) is 8. The Morgan fingerprint density at radius 1 is 0.750 bits per heavy atom. The van der Waals surface area contributed by atoms with Gasteiger partial charge in [-0.3, -0.25) is 0 Å². The molecule has 1 heterocycles. The Morgan fingerprint density at radius 2 is 1.38 bits per heavy atom. The Bertz CT molecular complexity index is 463. The molecular formula is C22H36N2. The van der Waals surface area contributed by atoms with Crippen molar-refractivity contribution in [2.75, 3.05) is 18.1 Å². The normalized spacial score (nSPS) is 13.9. The Labute approximate surface area is 149 Å². The van der Waals surface area contributed by atoms with Crippen LogP contribution in [0.15, 0.2) is 36.7 Å².